The Kier molecular flexibility index (Phi) is 8.21. The van der Waals surface area contributed by atoms with E-state index in [2.05, 4.69) is 6.92 Å². The lowest BCUT2D eigenvalue weighted by molar-refractivity contribution is 0.0473. The highest BCUT2D eigenvalue weighted by molar-refractivity contribution is 5.29. The van der Waals surface area contributed by atoms with E-state index >= 15 is 0 Å². The number of hydrogen-bond donors (Lipinski definition) is 1. The number of hydrogen-bond acceptors (Lipinski definition) is 4. The highest BCUT2D eigenvalue weighted by Crippen LogP contribution is 2.16. The highest BCUT2D eigenvalue weighted by Gasteiger charge is 2.06. The van der Waals surface area contributed by atoms with Gasteiger partial charge in [0, 0.05) is 6.61 Å². The molecule has 1 unspecified atom stereocenters. The van der Waals surface area contributed by atoms with Gasteiger partial charge in [-0.15, -0.1) is 0 Å². The lowest BCUT2D eigenvalue weighted by Crippen LogP contribution is -2.18. The first-order valence-electron chi connectivity index (χ1n) is 6.91. The van der Waals surface area contributed by atoms with E-state index in [1.807, 2.05) is 31.2 Å². The summed E-state index contributed by atoms with van der Waals surface area (Å²) in [6, 6.07) is 7.76. The van der Waals surface area contributed by atoms with E-state index in [0.29, 0.717) is 26.4 Å². The molecule has 1 aromatic rings. The maximum atomic E-state index is 6.05. The average Bonchev–Trinajstić information content (AvgIpc) is 2.45. The minimum atomic E-state index is -0.109. The second kappa shape index (κ2) is 9.78. The molecule has 0 spiro atoms. The summed E-state index contributed by atoms with van der Waals surface area (Å²) in [5, 5.41) is 0. The van der Waals surface area contributed by atoms with Crippen LogP contribution in [0.4, 0.5) is 0 Å². The van der Waals surface area contributed by atoms with E-state index in [4.69, 9.17) is 19.9 Å². The van der Waals surface area contributed by atoms with Gasteiger partial charge in [0.2, 0.25) is 0 Å². The quantitative estimate of drug-likeness (QED) is 0.662. The average molecular weight is 267 g/mol. The lowest BCUT2D eigenvalue weighted by Gasteiger charge is -2.13. The van der Waals surface area contributed by atoms with E-state index < -0.39 is 0 Å². The first-order valence-corrected chi connectivity index (χ1v) is 6.91. The van der Waals surface area contributed by atoms with Crippen LogP contribution in [0.3, 0.4) is 0 Å². The number of ether oxygens (including phenoxy) is 3. The fourth-order valence-corrected chi connectivity index (χ4v) is 1.60. The largest absolute Gasteiger partial charge is 0.494 e. The Morgan fingerprint density at radius 2 is 1.68 bits per heavy atom. The molecule has 2 N–H and O–H groups in total. The van der Waals surface area contributed by atoms with Crippen molar-refractivity contribution in [3.8, 4) is 5.75 Å². The van der Waals surface area contributed by atoms with Gasteiger partial charge >= 0.3 is 0 Å². The zero-order valence-electron chi connectivity index (χ0n) is 11.9. The van der Waals surface area contributed by atoms with Crippen LogP contribution in [-0.2, 0) is 9.47 Å². The Balaban J connectivity index is 2.29. The molecule has 0 heterocycles. The third-order valence-corrected chi connectivity index (χ3v) is 2.65. The summed E-state index contributed by atoms with van der Waals surface area (Å²) in [6.07, 6.45) is 1.01. The molecule has 108 valence electrons. The maximum absolute atomic E-state index is 6.05. The molecule has 0 saturated heterocycles. The van der Waals surface area contributed by atoms with Gasteiger partial charge in [0.15, 0.2) is 0 Å². The molecule has 0 saturated carbocycles. The summed E-state index contributed by atoms with van der Waals surface area (Å²) in [6.45, 7) is 7.22. The van der Waals surface area contributed by atoms with Crippen LogP contribution in [0, 0.1) is 0 Å². The van der Waals surface area contributed by atoms with Crippen LogP contribution in [0.2, 0.25) is 0 Å². The molecule has 0 aliphatic rings. The second-order valence-electron chi connectivity index (χ2n) is 4.30. The smallest absolute Gasteiger partial charge is 0.119 e. The molecule has 19 heavy (non-hydrogen) atoms. The van der Waals surface area contributed by atoms with Crippen molar-refractivity contribution in [1.82, 2.24) is 0 Å². The Hall–Kier alpha value is -1.10. The van der Waals surface area contributed by atoms with Gasteiger partial charge in [0.25, 0.3) is 0 Å². The molecule has 4 heteroatoms. The van der Waals surface area contributed by atoms with Crippen LogP contribution in [0.15, 0.2) is 24.3 Å². The maximum Gasteiger partial charge on any atom is 0.119 e. The molecular formula is C15H25NO3. The van der Waals surface area contributed by atoms with Gasteiger partial charge in [-0.2, -0.15) is 0 Å². The van der Waals surface area contributed by atoms with Crippen molar-refractivity contribution in [3.05, 3.63) is 29.8 Å². The van der Waals surface area contributed by atoms with Crippen molar-refractivity contribution in [2.24, 2.45) is 5.73 Å². The van der Waals surface area contributed by atoms with Crippen LogP contribution in [0.5, 0.6) is 5.75 Å². The molecule has 0 aliphatic heterocycles. The first kappa shape index (κ1) is 16.0. The van der Waals surface area contributed by atoms with Crippen LogP contribution in [-0.4, -0.2) is 33.0 Å². The zero-order chi connectivity index (χ0) is 13.9. The summed E-state index contributed by atoms with van der Waals surface area (Å²) in [5.74, 6) is 0.884. The third kappa shape index (κ3) is 6.57. The van der Waals surface area contributed by atoms with Gasteiger partial charge < -0.3 is 19.9 Å². The topological polar surface area (TPSA) is 53.7 Å². The van der Waals surface area contributed by atoms with Crippen LogP contribution in [0.1, 0.15) is 31.9 Å². The summed E-state index contributed by atoms with van der Waals surface area (Å²) >= 11 is 0. The Bertz CT molecular complexity index is 327. The first-order chi connectivity index (χ1) is 9.27. The number of rotatable bonds is 10. The molecule has 0 radical (unpaired) electrons. The predicted octanol–water partition coefficient (Wildman–Crippen LogP) is 2.53. The van der Waals surface area contributed by atoms with Gasteiger partial charge in [-0.05, 0) is 31.0 Å². The monoisotopic (exact) mass is 267 g/mol. The lowest BCUT2D eigenvalue weighted by atomic mass is 10.1. The minimum absolute atomic E-state index is 0.109. The molecule has 0 aromatic heterocycles. The van der Waals surface area contributed by atoms with E-state index in [1.165, 1.54) is 0 Å². The normalized spacial score (nSPS) is 12.4. The van der Waals surface area contributed by atoms with Crippen molar-refractivity contribution in [2.45, 2.75) is 26.3 Å². The zero-order valence-corrected chi connectivity index (χ0v) is 11.9. The van der Waals surface area contributed by atoms with E-state index in [9.17, 15) is 0 Å². The Morgan fingerprint density at radius 3 is 2.32 bits per heavy atom. The van der Waals surface area contributed by atoms with E-state index in [1.54, 1.807) is 0 Å². The van der Waals surface area contributed by atoms with E-state index in [-0.39, 0.29) is 6.04 Å². The molecule has 0 aliphatic carbocycles. The Labute approximate surface area is 115 Å². The fraction of sp³-hybridized carbons (Fsp3) is 0.600. The van der Waals surface area contributed by atoms with Gasteiger partial charge in [0.05, 0.1) is 32.5 Å². The van der Waals surface area contributed by atoms with Gasteiger partial charge in [0.1, 0.15) is 5.75 Å². The third-order valence-electron chi connectivity index (χ3n) is 2.65. The Morgan fingerprint density at radius 1 is 1.00 bits per heavy atom. The predicted molar refractivity (Wildman–Crippen MR) is 76.5 cm³/mol. The van der Waals surface area contributed by atoms with Crippen molar-refractivity contribution in [2.75, 3.05) is 33.0 Å². The molecule has 1 aromatic carbocycles. The summed E-state index contributed by atoms with van der Waals surface area (Å²) in [4.78, 5) is 0. The van der Waals surface area contributed by atoms with Crippen molar-refractivity contribution in [3.63, 3.8) is 0 Å². The highest BCUT2D eigenvalue weighted by atomic mass is 16.5. The van der Waals surface area contributed by atoms with Gasteiger partial charge in [-0.3, -0.25) is 0 Å². The standard InChI is InChI=1S/C15H25NO3/c1-3-9-19-14-7-5-13(6-8-14)15(16)12-18-11-10-17-4-2/h5-8,15H,3-4,9-12,16H2,1-2H3. The van der Waals surface area contributed by atoms with E-state index in [0.717, 1.165) is 24.3 Å². The van der Waals surface area contributed by atoms with Crippen LogP contribution in [0.25, 0.3) is 0 Å². The van der Waals surface area contributed by atoms with Crippen molar-refractivity contribution in [1.29, 1.82) is 0 Å². The van der Waals surface area contributed by atoms with Gasteiger partial charge in [-0.1, -0.05) is 19.1 Å². The SMILES string of the molecule is CCCOc1ccc(C(N)COCCOCC)cc1. The second-order valence-corrected chi connectivity index (χ2v) is 4.30. The molecule has 0 amide bonds. The molecule has 1 rings (SSSR count). The van der Waals surface area contributed by atoms with Crippen LogP contribution < -0.4 is 10.5 Å². The fourth-order valence-electron chi connectivity index (χ4n) is 1.60. The summed E-state index contributed by atoms with van der Waals surface area (Å²) < 4.78 is 16.2. The van der Waals surface area contributed by atoms with Crippen molar-refractivity contribution >= 4 is 0 Å². The number of benzene rings is 1. The summed E-state index contributed by atoms with van der Waals surface area (Å²) in [7, 11) is 0. The van der Waals surface area contributed by atoms with Crippen LogP contribution >= 0.6 is 0 Å². The van der Waals surface area contributed by atoms with Gasteiger partial charge in [-0.25, -0.2) is 0 Å². The molecular weight excluding hydrogens is 242 g/mol. The summed E-state index contributed by atoms with van der Waals surface area (Å²) in [5.41, 5.74) is 7.11. The minimum Gasteiger partial charge on any atom is -0.494 e. The van der Waals surface area contributed by atoms with Crippen molar-refractivity contribution < 1.29 is 14.2 Å². The molecule has 0 bridgehead atoms. The molecule has 4 nitrogen and oxygen atoms in total. The number of nitrogens with two attached hydrogens (primary N) is 1. The molecule has 1 atom stereocenters. The molecule has 0 fully saturated rings.